The number of benzene rings is 1. The molecule has 0 aliphatic rings. The van der Waals surface area contributed by atoms with Crippen molar-refractivity contribution in [3.05, 3.63) is 40.7 Å². The van der Waals surface area contributed by atoms with Gasteiger partial charge in [0, 0.05) is 25.4 Å². The van der Waals surface area contributed by atoms with E-state index >= 15 is 0 Å². The van der Waals surface area contributed by atoms with Gasteiger partial charge in [0.25, 0.3) is 0 Å². The molecule has 1 aromatic heterocycles. The van der Waals surface area contributed by atoms with Crippen LogP contribution in [-0.2, 0) is 20.2 Å². The van der Waals surface area contributed by atoms with E-state index in [0.717, 1.165) is 24.2 Å². The number of nitrogens with zero attached hydrogens (tertiary/aromatic N) is 2. The van der Waals surface area contributed by atoms with Crippen LogP contribution in [0.25, 0.3) is 0 Å². The van der Waals surface area contributed by atoms with Gasteiger partial charge in [-0.1, -0.05) is 18.5 Å². The Morgan fingerprint density at radius 1 is 1.33 bits per heavy atom. The third-order valence-corrected chi connectivity index (χ3v) is 3.29. The van der Waals surface area contributed by atoms with Crippen molar-refractivity contribution in [2.45, 2.75) is 20.1 Å². The van der Waals surface area contributed by atoms with Gasteiger partial charge in [-0.3, -0.25) is 4.68 Å². The summed E-state index contributed by atoms with van der Waals surface area (Å²) < 4.78 is 12.9. The van der Waals surface area contributed by atoms with Crippen LogP contribution in [0.2, 0.25) is 5.02 Å². The number of hydrogen-bond donors (Lipinski definition) is 1. The molecule has 0 unspecified atom stereocenters. The zero-order chi connectivity index (χ0) is 15.2. The zero-order valence-corrected chi connectivity index (χ0v) is 13.3. The van der Waals surface area contributed by atoms with Crippen LogP contribution in [0.15, 0.2) is 24.5 Å². The maximum absolute atomic E-state index is 6.31. The van der Waals surface area contributed by atoms with Crippen molar-refractivity contribution >= 4 is 11.6 Å². The Morgan fingerprint density at radius 2 is 2.14 bits per heavy atom. The van der Waals surface area contributed by atoms with E-state index in [-0.39, 0.29) is 0 Å². The predicted octanol–water partition coefficient (Wildman–Crippen LogP) is 2.77. The van der Waals surface area contributed by atoms with Crippen molar-refractivity contribution in [3.8, 4) is 11.5 Å². The van der Waals surface area contributed by atoms with Gasteiger partial charge in [0.1, 0.15) is 6.61 Å². The lowest BCUT2D eigenvalue weighted by Gasteiger charge is -2.14. The monoisotopic (exact) mass is 309 g/mol. The van der Waals surface area contributed by atoms with E-state index in [1.807, 2.05) is 25.4 Å². The fourth-order valence-electron chi connectivity index (χ4n) is 1.99. The summed E-state index contributed by atoms with van der Waals surface area (Å²) in [5.41, 5.74) is 2.04. The first-order valence-corrected chi connectivity index (χ1v) is 7.19. The summed E-state index contributed by atoms with van der Waals surface area (Å²) in [5.74, 6) is 1.20. The minimum atomic E-state index is 0.399. The van der Waals surface area contributed by atoms with Gasteiger partial charge in [-0.2, -0.15) is 5.10 Å². The van der Waals surface area contributed by atoms with Gasteiger partial charge in [-0.05, 0) is 24.2 Å². The van der Waals surface area contributed by atoms with Gasteiger partial charge in [-0.15, -0.1) is 0 Å². The SMILES string of the molecule is CCNCc1cc(Cl)c(OCc2cnn(C)c2)c(OC)c1. The Balaban J connectivity index is 2.14. The topological polar surface area (TPSA) is 48.3 Å². The molecule has 1 heterocycles. The molecule has 0 radical (unpaired) electrons. The number of aryl methyl sites for hydroxylation is 1. The second kappa shape index (κ2) is 7.33. The normalized spacial score (nSPS) is 10.7. The van der Waals surface area contributed by atoms with Crippen molar-refractivity contribution in [2.75, 3.05) is 13.7 Å². The highest BCUT2D eigenvalue weighted by Gasteiger charge is 2.12. The van der Waals surface area contributed by atoms with Gasteiger partial charge in [0.15, 0.2) is 11.5 Å². The summed E-state index contributed by atoms with van der Waals surface area (Å²) in [5, 5.41) is 7.91. The lowest BCUT2D eigenvalue weighted by molar-refractivity contribution is 0.284. The summed E-state index contributed by atoms with van der Waals surface area (Å²) in [6.07, 6.45) is 3.67. The average molecular weight is 310 g/mol. The van der Waals surface area contributed by atoms with Crippen molar-refractivity contribution in [1.29, 1.82) is 0 Å². The van der Waals surface area contributed by atoms with E-state index < -0.39 is 0 Å². The van der Waals surface area contributed by atoms with Gasteiger partial charge in [0.05, 0.1) is 18.3 Å². The van der Waals surface area contributed by atoms with Crippen LogP contribution >= 0.6 is 11.6 Å². The van der Waals surface area contributed by atoms with Crippen LogP contribution in [0, 0.1) is 0 Å². The number of ether oxygens (including phenoxy) is 2. The first-order chi connectivity index (χ1) is 10.1. The van der Waals surface area contributed by atoms with E-state index in [2.05, 4.69) is 17.3 Å². The second-order valence-corrected chi connectivity index (χ2v) is 5.11. The Hall–Kier alpha value is -1.72. The second-order valence-electron chi connectivity index (χ2n) is 4.70. The van der Waals surface area contributed by atoms with E-state index in [1.165, 1.54) is 0 Å². The molecular weight excluding hydrogens is 290 g/mol. The Labute approximate surface area is 129 Å². The maximum Gasteiger partial charge on any atom is 0.180 e. The average Bonchev–Trinajstić information content (AvgIpc) is 2.89. The van der Waals surface area contributed by atoms with Crippen LogP contribution in [0.3, 0.4) is 0 Å². The molecule has 0 spiro atoms. The number of methoxy groups -OCH3 is 1. The minimum absolute atomic E-state index is 0.399. The first-order valence-electron chi connectivity index (χ1n) is 6.81. The standard InChI is InChI=1S/C15H20ClN3O2/c1-4-17-7-11-5-13(16)15(14(6-11)20-3)21-10-12-8-18-19(2)9-12/h5-6,8-9,17H,4,7,10H2,1-3H3. The first kappa shape index (κ1) is 15.7. The van der Waals surface area contributed by atoms with E-state index in [9.17, 15) is 0 Å². The number of halogens is 1. The van der Waals surface area contributed by atoms with E-state index in [4.69, 9.17) is 21.1 Å². The smallest absolute Gasteiger partial charge is 0.180 e. The number of hydrogen-bond acceptors (Lipinski definition) is 4. The molecule has 1 N–H and O–H groups in total. The van der Waals surface area contributed by atoms with Crippen molar-refractivity contribution in [1.82, 2.24) is 15.1 Å². The maximum atomic E-state index is 6.31. The Kier molecular flexibility index (Phi) is 5.47. The minimum Gasteiger partial charge on any atom is -0.493 e. The molecule has 0 amide bonds. The lowest BCUT2D eigenvalue weighted by Crippen LogP contribution is -2.12. The summed E-state index contributed by atoms with van der Waals surface area (Å²) in [6.45, 7) is 4.11. The fraction of sp³-hybridized carbons (Fsp3) is 0.400. The molecule has 2 rings (SSSR count). The number of aromatic nitrogens is 2. The predicted molar refractivity (Wildman–Crippen MR) is 82.9 cm³/mol. The van der Waals surface area contributed by atoms with Crippen LogP contribution in [0.5, 0.6) is 11.5 Å². The molecule has 0 saturated carbocycles. The highest BCUT2D eigenvalue weighted by Crippen LogP contribution is 2.36. The van der Waals surface area contributed by atoms with Gasteiger partial charge >= 0.3 is 0 Å². The zero-order valence-electron chi connectivity index (χ0n) is 12.5. The lowest BCUT2D eigenvalue weighted by atomic mass is 10.2. The molecule has 5 nitrogen and oxygen atoms in total. The van der Waals surface area contributed by atoms with Crippen molar-refractivity contribution in [3.63, 3.8) is 0 Å². The summed E-state index contributed by atoms with van der Waals surface area (Å²) >= 11 is 6.31. The third kappa shape index (κ3) is 4.12. The van der Waals surface area contributed by atoms with Gasteiger partial charge < -0.3 is 14.8 Å². The summed E-state index contributed by atoms with van der Waals surface area (Å²) in [7, 11) is 3.48. The number of nitrogens with one attached hydrogen (secondary N) is 1. The molecule has 0 fully saturated rings. The van der Waals surface area contributed by atoms with Crippen LogP contribution in [0.4, 0.5) is 0 Å². The highest BCUT2D eigenvalue weighted by molar-refractivity contribution is 6.32. The van der Waals surface area contributed by atoms with Crippen LogP contribution < -0.4 is 14.8 Å². The molecule has 0 saturated heterocycles. The van der Waals surface area contributed by atoms with Crippen LogP contribution in [0.1, 0.15) is 18.1 Å². The Morgan fingerprint density at radius 3 is 2.76 bits per heavy atom. The molecule has 6 heteroatoms. The van der Waals surface area contributed by atoms with Crippen LogP contribution in [-0.4, -0.2) is 23.4 Å². The molecule has 114 valence electrons. The molecule has 1 aromatic carbocycles. The summed E-state index contributed by atoms with van der Waals surface area (Å²) in [6, 6.07) is 3.83. The van der Waals surface area contributed by atoms with Crippen molar-refractivity contribution in [2.24, 2.45) is 7.05 Å². The fourth-order valence-corrected chi connectivity index (χ4v) is 2.27. The van der Waals surface area contributed by atoms with Gasteiger partial charge in [-0.25, -0.2) is 0 Å². The Bertz CT molecular complexity index is 599. The molecule has 2 aromatic rings. The highest BCUT2D eigenvalue weighted by atomic mass is 35.5. The number of rotatable bonds is 7. The molecule has 21 heavy (non-hydrogen) atoms. The largest absolute Gasteiger partial charge is 0.493 e. The molecule has 0 bridgehead atoms. The van der Waals surface area contributed by atoms with Crippen molar-refractivity contribution < 1.29 is 9.47 Å². The van der Waals surface area contributed by atoms with E-state index in [0.29, 0.717) is 23.1 Å². The molecule has 0 atom stereocenters. The molecule has 0 aliphatic carbocycles. The quantitative estimate of drug-likeness (QED) is 0.854. The molecular formula is C15H20ClN3O2. The van der Waals surface area contributed by atoms with E-state index in [1.54, 1.807) is 18.0 Å². The third-order valence-electron chi connectivity index (χ3n) is 3.01. The molecule has 0 aliphatic heterocycles. The van der Waals surface area contributed by atoms with Gasteiger partial charge in [0.2, 0.25) is 0 Å². The summed E-state index contributed by atoms with van der Waals surface area (Å²) in [4.78, 5) is 0.